The van der Waals surface area contributed by atoms with Crippen LogP contribution in [0.2, 0.25) is 0 Å². The number of carbonyl (C=O) groups excluding carboxylic acids is 1. The maximum absolute atomic E-state index is 12.5. The molecule has 0 spiro atoms. The standard InChI is InChI=1S/C17H18N4O/c18-7-13-6-16-2-1-14(10-21(16)9-13)17(22)19-15-5-12-3-4-20(8-12)11-15/h1-2,6,9-10,12,15H,3-5,8,11H2,(H,19,22)/t12?,15-/m1/s1. The molecule has 112 valence electrons. The molecule has 1 amide bonds. The van der Waals surface area contributed by atoms with Crippen LogP contribution in [0.5, 0.6) is 0 Å². The van der Waals surface area contributed by atoms with E-state index in [1.54, 1.807) is 12.4 Å². The molecule has 0 aromatic carbocycles. The maximum atomic E-state index is 12.5. The number of aromatic nitrogens is 1. The fourth-order valence-corrected chi connectivity index (χ4v) is 3.74. The molecule has 2 aliphatic heterocycles. The van der Waals surface area contributed by atoms with E-state index < -0.39 is 0 Å². The molecule has 2 saturated heterocycles. The average molecular weight is 294 g/mol. The van der Waals surface area contributed by atoms with E-state index in [2.05, 4.69) is 16.3 Å². The fraction of sp³-hybridized carbons (Fsp3) is 0.412. The summed E-state index contributed by atoms with van der Waals surface area (Å²) in [5, 5.41) is 12.1. The van der Waals surface area contributed by atoms with Gasteiger partial charge in [0, 0.05) is 37.0 Å². The van der Waals surface area contributed by atoms with Crippen molar-refractivity contribution in [3.05, 3.63) is 41.7 Å². The Morgan fingerprint density at radius 1 is 1.32 bits per heavy atom. The molecule has 5 nitrogen and oxygen atoms in total. The highest BCUT2D eigenvalue weighted by Crippen LogP contribution is 2.26. The van der Waals surface area contributed by atoms with Gasteiger partial charge in [0.25, 0.3) is 5.91 Å². The third-order valence-corrected chi connectivity index (χ3v) is 4.78. The van der Waals surface area contributed by atoms with Gasteiger partial charge in [0.2, 0.25) is 0 Å². The van der Waals surface area contributed by atoms with Crippen LogP contribution in [-0.4, -0.2) is 40.9 Å². The highest BCUT2D eigenvalue weighted by Gasteiger charge is 2.32. The lowest BCUT2D eigenvalue weighted by Crippen LogP contribution is -2.47. The van der Waals surface area contributed by atoms with Gasteiger partial charge in [-0.1, -0.05) is 0 Å². The molecular weight excluding hydrogens is 276 g/mol. The van der Waals surface area contributed by atoms with E-state index in [9.17, 15) is 4.79 Å². The second-order valence-electron chi connectivity index (χ2n) is 6.41. The van der Waals surface area contributed by atoms with Crippen LogP contribution < -0.4 is 5.32 Å². The second-order valence-corrected chi connectivity index (χ2v) is 6.41. The van der Waals surface area contributed by atoms with Gasteiger partial charge in [-0.15, -0.1) is 0 Å². The molecule has 1 N–H and O–H groups in total. The van der Waals surface area contributed by atoms with E-state index in [1.165, 1.54) is 19.5 Å². The van der Waals surface area contributed by atoms with Crippen molar-refractivity contribution in [2.45, 2.75) is 18.9 Å². The van der Waals surface area contributed by atoms with Crippen molar-refractivity contribution < 1.29 is 4.79 Å². The Hall–Kier alpha value is -2.32. The summed E-state index contributed by atoms with van der Waals surface area (Å²) in [6, 6.07) is 7.89. The van der Waals surface area contributed by atoms with Crippen molar-refractivity contribution in [1.82, 2.24) is 14.6 Å². The molecule has 0 radical (unpaired) electrons. The zero-order valence-corrected chi connectivity index (χ0v) is 12.3. The molecule has 2 unspecified atom stereocenters. The van der Waals surface area contributed by atoms with Gasteiger partial charge in [0.15, 0.2) is 0 Å². The number of nitrogens with zero attached hydrogens (tertiary/aromatic N) is 3. The number of hydrogen-bond acceptors (Lipinski definition) is 3. The number of nitriles is 1. The first kappa shape index (κ1) is 13.4. The number of pyridine rings is 1. The summed E-state index contributed by atoms with van der Waals surface area (Å²) in [7, 11) is 0. The van der Waals surface area contributed by atoms with E-state index in [0.717, 1.165) is 24.4 Å². The Balaban J connectivity index is 1.51. The van der Waals surface area contributed by atoms with E-state index in [1.807, 2.05) is 22.6 Å². The fourth-order valence-electron chi connectivity index (χ4n) is 3.74. The normalized spacial score (nSPS) is 26.8. The third kappa shape index (κ3) is 2.36. The average Bonchev–Trinajstić information content (AvgIpc) is 3.09. The number of carbonyl (C=O) groups is 1. The number of piperidine rings is 1. The summed E-state index contributed by atoms with van der Waals surface area (Å²) >= 11 is 0. The zero-order valence-electron chi connectivity index (χ0n) is 12.3. The van der Waals surface area contributed by atoms with E-state index in [0.29, 0.717) is 11.1 Å². The molecule has 4 heterocycles. The molecule has 2 fully saturated rings. The van der Waals surface area contributed by atoms with Crippen molar-refractivity contribution in [3.8, 4) is 6.07 Å². The zero-order chi connectivity index (χ0) is 15.1. The molecule has 2 aromatic rings. The van der Waals surface area contributed by atoms with Gasteiger partial charge in [-0.3, -0.25) is 4.79 Å². The van der Waals surface area contributed by atoms with Gasteiger partial charge in [0.1, 0.15) is 6.07 Å². The quantitative estimate of drug-likeness (QED) is 0.916. The predicted octanol–water partition coefficient (Wildman–Crippen LogP) is 1.63. The van der Waals surface area contributed by atoms with Gasteiger partial charge in [-0.25, -0.2) is 0 Å². The van der Waals surface area contributed by atoms with Crippen molar-refractivity contribution in [1.29, 1.82) is 5.26 Å². The molecular formula is C17H18N4O. The van der Waals surface area contributed by atoms with Gasteiger partial charge in [0.05, 0.1) is 11.1 Å². The monoisotopic (exact) mass is 294 g/mol. The van der Waals surface area contributed by atoms with Crippen LogP contribution in [0.4, 0.5) is 0 Å². The van der Waals surface area contributed by atoms with E-state index >= 15 is 0 Å². The molecule has 2 aromatic heterocycles. The minimum Gasteiger partial charge on any atom is -0.348 e. The smallest absolute Gasteiger partial charge is 0.253 e. The summed E-state index contributed by atoms with van der Waals surface area (Å²) in [5.41, 5.74) is 2.17. The minimum atomic E-state index is -0.0263. The largest absolute Gasteiger partial charge is 0.348 e. The van der Waals surface area contributed by atoms with Crippen LogP contribution in [-0.2, 0) is 0 Å². The van der Waals surface area contributed by atoms with Crippen molar-refractivity contribution >= 4 is 11.4 Å². The molecule has 3 atom stereocenters. The van der Waals surface area contributed by atoms with Crippen LogP contribution in [0, 0.1) is 17.2 Å². The topological polar surface area (TPSA) is 60.5 Å². The number of fused-ring (bicyclic) bond motifs is 3. The lowest BCUT2D eigenvalue weighted by Gasteiger charge is -2.30. The number of hydrogen-bond donors (Lipinski definition) is 1. The highest BCUT2D eigenvalue weighted by molar-refractivity contribution is 5.94. The first-order valence-corrected chi connectivity index (χ1v) is 7.76. The summed E-state index contributed by atoms with van der Waals surface area (Å²) in [6.07, 6.45) is 5.90. The Morgan fingerprint density at radius 3 is 3.05 bits per heavy atom. The number of amides is 1. The number of nitrogens with one attached hydrogen (secondary N) is 1. The maximum Gasteiger partial charge on any atom is 0.253 e. The highest BCUT2D eigenvalue weighted by atomic mass is 16.1. The molecule has 2 aliphatic rings. The van der Waals surface area contributed by atoms with Crippen LogP contribution >= 0.6 is 0 Å². The van der Waals surface area contributed by atoms with Crippen molar-refractivity contribution in [2.75, 3.05) is 19.6 Å². The SMILES string of the molecule is N#Cc1cc2ccc(C(=O)N[C@@H]3CC4CCN(C4)C3)cn2c1. The summed E-state index contributed by atoms with van der Waals surface area (Å²) < 4.78 is 1.83. The van der Waals surface area contributed by atoms with Crippen LogP contribution in [0.1, 0.15) is 28.8 Å². The summed E-state index contributed by atoms with van der Waals surface area (Å²) in [6.45, 7) is 3.33. The predicted molar refractivity (Wildman–Crippen MR) is 82.5 cm³/mol. The van der Waals surface area contributed by atoms with Crippen LogP contribution in [0.15, 0.2) is 30.6 Å². The van der Waals surface area contributed by atoms with Crippen molar-refractivity contribution in [3.63, 3.8) is 0 Å². The summed E-state index contributed by atoms with van der Waals surface area (Å²) in [5.74, 6) is 0.714. The van der Waals surface area contributed by atoms with E-state index in [-0.39, 0.29) is 11.9 Å². The van der Waals surface area contributed by atoms with Crippen molar-refractivity contribution in [2.24, 2.45) is 5.92 Å². The molecule has 0 aliphatic carbocycles. The van der Waals surface area contributed by atoms with Crippen LogP contribution in [0.25, 0.3) is 5.52 Å². The van der Waals surface area contributed by atoms with Gasteiger partial charge in [-0.05, 0) is 43.5 Å². The lowest BCUT2D eigenvalue weighted by atomic mass is 9.96. The van der Waals surface area contributed by atoms with E-state index in [4.69, 9.17) is 5.26 Å². The molecule has 2 bridgehead atoms. The lowest BCUT2D eigenvalue weighted by molar-refractivity contribution is 0.0909. The second kappa shape index (κ2) is 5.15. The first-order chi connectivity index (χ1) is 10.7. The van der Waals surface area contributed by atoms with Gasteiger partial charge < -0.3 is 14.6 Å². The minimum absolute atomic E-state index is 0.0263. The Kier molecular flexibility index (Phi) is 3.12. The van der Waals surface area contributed by atoms with Crippen LogP contribution in [0.3, 0.4) is 0 Å². The van der Waals surface area contributed by atoms with Gasteiger partial charge in [-0.2, -0.15) is 5.26 Å². The Bertz CT molecular complexity index is 761. The molecule has 5 heteroatoms. The first-order valence-electron chi connectivity index (χ1n) is 7.76. The molecule has 0 saturated carbocycles. The summed E-state index contributed by atoms with van der Waals surface area (Å²) in [4.78, 5) is 14.9. The Morgan fingerprint density at radius 2 is 2.23 bits per heavy atom. The number of rotatable bonds is 2. The Labute approximate surface area is 129 Å². The molecule has 22 heavy (non-hydrogen) atoms. The third-order valence-electron chi connectivity index (χ3n) is 4.78. The van der Waals surface area contributed by atoms with Gasteiger partial charge >= 0.3 is 0 Å². The molecule has 4 rings (SSSR count).